The lowest BCUT2D eigenvalue weighted by Crippen LogP contribution is -2.21. The molecule has 0 saturated heterocycles. The number of rotatable bonds is 6. The second kappa shape index (κ2) is 9.77. The van der Waals surface area contributed by atoms with Gasteiger partial charge in [-0.1, -0.05) is 17.9 Å². The normalized spacial score (nSPS) is 13.4. The molecule has 2 atom stereocenters. The molecule has 0 radical (unpaired) electrons. The fourth-order valence-electron chi connectivity index (χ4n) is 2.73. The van der Waals surface area contributed by atoms with E-state index in [-0.39, 0.29) is 24.4 Å². The van der Waals surface area contributed by atoms with E-state index < -0.39 is 9.73 Å². The van der Waals surface area contributed by atoms with E-state index in [1.807, 2.05) is 0 Å². The Balaban J connectivity index is 1.93. The van der Waals surface area contributed by atoms with Crippen LogP contribution in [0.15, 0.2) is 53.6 Å². The van der Waals surface area contributed by atoms with Crippen LogP contribution in [0.25, 0.3) is 0 Å². The summed E-state index contributed by atoms with van der Waals surface area (Å²) in [6.45, 7) is 3.37. The maximum Gasteiger partial charge on any atom is 0.229 e. The van der Waals surface area contributed by atoms with Gasteiger partial charge >= 0.3 is 0 Å². The molecule has 7 nitrogen and oxygen atoms in total. The van der Waals surface area contributed by atoms with Crippen LogP contribution in [0.3, 0.4) is 0 Å². The van der Waals surface area contributed by atoms with Crippen LogP contribution in [0.1, 0.15) is 23.6 Å². The third-order valence-electron chi connectivity index (χ3n) is 4.49. The number of aromatic nitrogens is 2. The van der Waals surface area contributed by atoms with Crippen molar-refractivity contribution in [3.05, 3.63) is 71.2 Å². The van der Waals surface area contributed by atoms with Crippen LogP contribution in [0.2, 0.25) is 0 Å². The highest BCUT2D eigenvalue weighted by Crippen LogP contribution is 2.21. The number of hydrogen-bond acceptors (Lipinski definition) is 7. The lowest BCUT2D eigenvalue weighted by Gasteiger charge is -2.14. The van der Waals surface area contributed by atoms with Crippen LogP contribution >= 0.6 is 0 Å². The Labute approximate surface area is 187 Å². The van der Waals surface area contributed by atoms with Gasteiger partial charge in [-0.25, -0.2) is 18.4 Å². The van der Waals surface area contributed by atoms with Crippen molar-refractivity contribution >= 4 is 27.2 Å². The summed E-state index contributed by atoms with van der Waals surface area (Å²) in [5.41, 5.74) is 2.26. The lowest BCUT2D eigenvalue weighted by atomic mass is 10.1. The van der Waals surface area contributed by atoms with E-state index in [9.17, 15) is 13.7 Å². The highest BCUT2D eigenvalue weighted by Gasteiger charge is 2.10. The molecule has 1 aromatic heterocycles. The van der Waals surface area contributed by atoms with Gasteiger partial charge in [-0.15, -0.1) is 0 Å². The number of benzene rings is 2. The van der Waals surface area contributed by atoms with Gasteiger partial charge in [0.15, 0.2) is 0 Å². The molecule has 0 aliphatic carbocycles. The standard InChI is InChI=1S/C23H24FN5O2S/c1-15-11-17(8-10-21(15)24)7-9-18-13-26-23(29-22(18)27-16(2)14-30)28-19-5-4-6-20(12-19)32(3,25)31/h4-6,8,10-13,16,25,30H,14H2,1-3H3,(H2,26,27,28,29). The van der Waals surface area contributed by atoms with Crippen molar-refractivity contribution in [3.63, 3.8) is 0 Å². The molecular weight excluding hydrogens is 429 g/mol. The average molecular weight is 454 g/mol. The van der Waals surface area contributed by atoms with Gasteiger partial charge in [0.25, 0.3) is 0 Å². The summed E-state index contributed by atoms with van der Waals surface area (Å²) in [5, 5.41) is 15.6. The molecule has 3 rings (SSSR count). The molecular formula is C23H24FN5O2S. The van der Waals surface area contributed by atoms with E-state index in [2.05, 4.69) is 32.4 Å². The van der Waals surface area contributed by atoms with E-state index in [1.54, 1.807) is 56.4 Å². The molecule has 4 N–H and O–H groups in total. The average Bonchev–Trinajstić information content (AvgIpc) is 2.75. The van der Waals surface area contributed by atoms with Crippen LogP contribution in [-0.2, 0) is 9.73 Å². The van der Waals surface area contributed by atoms with Crippen molar-refractivity contribution in [2.75, 3.05) is 23.5 Å². The van der Waals surface area contributed by atoms with Crippen molar-refractivity contribution in [1.82, 2.24) is 9.97 Å². The number of aliphatic hydroxyl groups excluding tert-OH is 1. The number of anilines is 3. The zero-order valence-corrected chi connectivity index (χ0v) is 18.8. The van der Waals surface area contributed by atoms with Crippen LogP contribution in [0.5, 0.6) is 0 Å². The Morgan fingerprint density at radius 3 is 2.72 bits per heavy atom. The molecule has 0 saturated carbocycles. The van der Waals surface area contributed by atoms with E-state index in [0.29, 0.717) is 33.1 Å². The molecule has 166 valence electrons. The Morgan fingerprint density at radius 2 is 2.03 bits per heavy atom. The van der Waals surface area contributed by atoms with Gasteiger partial charge in [0, 0.05) is 28.4 Å². The minimum Gasteiger partial charge on any atom is -0.394 e. The third-order valence-corrected chi connectivity index (χ3v) is 5.64. The minimum atomic E-state index is -2.85. The third kappa shape index (κ3) is 6.03. The molecule has 0 bridgehead atoms. The van der Waals surface area contributed by atoms with Gasteiger partial charge in [0.1, 0.15) is 11.6 Å². The monoisotopic (exact) mass is 453 g/mol. The summed E-state index contributed by atoms with van der Waals surface area (Å²) in [4.78, 5) is 9.16. The van der Waals surface area contributed by atoms with Gasteiger partial charge in [-0.2, -0.15) is 4.98 Å². The Hall–Kier alpha value is -3.48. The predicted molar refractivity (Wildman–Crippen MR) is 124 cm³/mol. The quantitative estimate of drug-likeness (QED) is 0.422. The zero-order chi connectivity index (χ0) is 23.3. The first-order valence-electron chi connectivity index (χ1n) is 9.79. The highest BCUT2D eigenvalue weighted by molar-refractivity contribution is 7.91. The molecule has 3 aromatic rings. The van der Waals surface area contributed by atoms with Crippen molar-refractivity contribution in [1.29, 1.82) is 4.78 Å². The Bertz CT molecular complexity index is 1300. The van der Waals surface area contributed by atoms with E-state index in [4.69, 9.17) is 4.78 Å². The summed E-state index contributed by atoms with van der Waals surface area (Å²) >= 11 is 0. The second-order valence-corrected chi connectivity index (χ2v) is 9.55. The molecule has 0 spiro atoms. The first-order chi connectivity index (χ1) is 15.2. The summed E-state index contributed by atoms with van der Waals surface area (Å²) in [7, 11) is -2.85. The van der Waals surface area contributed by atoms with Crippen LogP contribution < -0.4 is 10.6 Å². The molecule has 0 amide bonds. The number of nitrogens with zero attached hydrogens (tertiary/aromatic N) is 2. The van der Waals surface area contributed by atoms with Gasteiger partial charge in [0.2, 0.25) is 5.95 Å². The second-order valence-electron chi connectivity index (χ2n) is 7.39. The SMILES string of the molecule is Cc1cc(C#Cc2cnc(Nc3cccc(S(C)(=N)=O)c3)nc2NC(C)CO)ccc1F. The molecule has 2 aromatic carbocycles. The molecule has 0 fully saturated rings. The molecule has 9 heteroatoms. The van der Waals surface area contributed by atoms with Crippen LogP contribution in [0, 0.1) is 29.4 Å². The fourth-order valence-corrected chi connectivity index (χ4v) is 3.42. The fraction of sp³-hybridized carbons (Fsp3) is 0.217. The highest BCUT2D eigenvalue weighted by atomic mass is 32.2. The van der Waals surface area contributed by atoms with Gasteiger partial charge in [-0.05, 0) is 55.8 Å². The minimum absolute atomic E-state index is 0.104. The van der Waals surface area contributed by atoms with Crippen molar-refractivity contribution < 1.29 is 13.7 Å². The van der Waals surface area contributed by atoms with E-state index in [0.717, 1.165) is 0 Å². The zero-order valence-electron chi connectivity index (χ0n) is 17.9. The number of aryl methyl sites for hydroxylation is 1. The Kier molecular flexibility index (Phi) is 7.08. The van der Waals surface area contributed by atoms with Gasteiger partial charge in [-0.3, -0.25) is 0 Å². The molecule has 32 heavy (non-hydrogen) atoms. The van der Waals surface area contributed by atoms with Crippen LogP contribution in [-0.4, -0.2) is 38.2 Å². The maximum atomic E-state index is 13.5. The molecule has 1 heterocycles. The van der Waals surface area contributed by atoms with Crippen molar-refractivity contribution in [2.45, 2.75) is 24.8 Å². The Morgan fingerprint density at radius 1 is 1.25 bits per heavy atom. The summed E-state index contributed by atoms with van der Waals surface area (Å²) in [6.07, 6.45) is 2.90. The smallest absolute Gasteiger partial charge is 0.229 e. The lowest BCUT2D eigenvalue weighted by molar-refractivity contribution is 0.281. The van der Waals surface area contributed by atoms with E-state index in [1.165, 1.54) is 12.3 Å². The summed E-state index contributed by atoms with van der Waals surface area (Å²) in [5.74, 6) is 6.38. The number of nitrogens with one attached hydrogen (secondary N) is 3. The topological polar surface area (TPSA) is 111 Å². The molecule has 0 aliphatic heterocycles. The van der Waals surface area contributed by atoms with E-state index >= 15 is 0 Å². The molecule has 0 aliphatic rings. The first kappa shape index (κ1) is 23.2. The number of hydrogen-bond donors (Lipinski definition) is 4. The predicted octanol–water partition coefficient (Wildman–Crippen LogP) is 3.90. The first-order valence-corrected chi connectivity index (χ1v) is 11.8. The van der Waals surface area contributed by atoms with Gasteiger partial charge in [0.05, 0.1) is 28.1 Å². The summed E-state index contributed by atoms with van der Waals surface area (Å²) in [6, 6.07) is 11.1. The van der Waals surface area contributed by atoms with Crippen molar-refractivity contribution in [2.24, 2.45) is 0 Å². The number of halogens is 1. The maximum absolute atomic E-state index is 13.5. The summed E-state index contributed by atoms with van der Waals surface area (Å²) < 4.78 is 33.3. The largest absolute Gasteiger partial charge is 0.394 e. The van der Waals surface area contributed by atoms with Crippen LogP contribution in [0.4, 0.5) is 21.8 Å². The van der Waals surface area contributed by atoms with Crippen molar-refractivity contribution in [3.8, 4) is 11.8 Å². The molecule has 2 unspecified atom stereocenters. The number of aliphatic hydroxyl groups is 1. The van der Waals surface area contributed by atoms with Gasteiger partial charge < -0.3 is 15.7 Å².